The number of hydrogen-bond donors (Lipinski definition) is 5. The highest BCUT2D eigenvalue weighted by Gasteiger charge is 2.23. The van der Waals surface area contributed by atoms with Crippen LogP contribution in [0.25, 0.3) is 5.70 Å². The highest BCUT2D eigenvalue weighted by Crippen LogP contribution is 2.35. The summed E-state index contributed by atoms with van der Waals surface area (Å²) in [6.07, 6.45) is -0.895. The second-order valence-electron chi connectivity index (χ2n) is 4.17. The largest absolute Gasteiger partial charge is 0.397 e. The number of aliphatic hydroxyl groups excluding tert-OH is 2. The smallest absolute Gasteiger partial charge is 0.250 e. The lowest BCUT2D eigenvalue weighted by molar-refractivity contribution is 0.0977. The van der Waals surface area contributed by atoms with Crippen LogP contribution in [0.4, 0.5) is 5.69 Å². The number of nitrogen functional groups attached to an aromatic ring is 1. The molecule has 6 nitrogen and oxygen atoms in total. The fourth-order valence-electron chi connectivity index (χ4n) is 1.56. The summed E-state index contributed by atoms with van der Waals surface area (Å²) in [7, 11) is 0. The number of amides is 1. The molecule has 0 heterocycles. The van der Waals surface area contributed by atoms with Gasteiger partial charge < -0.3 is 27.0 Å². The van der Waals surface area contributed by atoms with Gasteiger partial charge in [0.2, 0.25) is 0 Å². The summed E-state index contributed by atoms with van der Waals surface area (Å²) in [5, 5.41) is 21.1. The molecule has 0 aromatic heterocycles. The standard InChI is InChI=1S/C12H14I3N3O3/c1-4(18-2-5(20)3-19)6-8(13)7(12(17)21)10(15)11(16)9(6)14/h5,18-20H,1-3,16H2,(H2,17,21). The molecule has 9 heteroatoms. The van der Waals surface area contributed by atoms with E-state index in [0.717, 1.165) is 3.57 Å². The van der Waals surface area contributed by atoms with Gasteiger partial charge in [-0.2, -0.15) is 0 Å². The molecule has 1 unspecified atom stereocenters. The van der Waals surface area contributed by atoms with Crippen molar-refractivity contribution in [1.29, 1.82) is 0 Å². The summed E-state index contributed by atoms with van der Waals surface area (Å²) in [5.41, 5.74) is 13.4. The fourth-order valence-corrected chi connectivity index (χ4v) is 5.91. The van der Waals surface area contributed by atoms with Gasteiger partial charge in [0.15, 0.2) is 0 Å². The molecule has 1 aromatic rings. The second kappa shape index (κ2) is 8.12. The summed E-state index contributed by atoms with van der Waals surface area (Å²) >= 11 is 6.10. The molecule has 0 aliphatic carbocycles. The quantitative estimate of drug-likeness (QED) is 0.239. The van der Waals surface area contributed by atoms with Crippen molar-refractivity contribution in [2.45, 2.75) is 6.10 Å². The molecular weight excluding hydrogens is 615 g/mol. The molecule has 0 bridgehead atoms. The fraction of sp³-hybridized carbons (Fsp3) is 0.250. The van der Waals surface area contributed by atoms with E-state index in [1.54, 1.807) is 0 Å². The zero-order chi connectivity index (χ0) is 16.3. The lowest BCUT2D eigenvalue weighted by Crippen LogP contribution is -2.29. The monoisotopic (exact) mass is 629 g/mol. The van der Waals surface area contributed by atoms with Gasteiger partial charge >= 0.3 is 0 Å². The Labute approximate surface area is 163 Å². The van der Waals surface area contributed by atoms with E-state index >= 15 is 0 Å². The van der Waals surface area contributed by atoms with E-state index in [-0.39, 0.29) is 13.2 Å². The van der Waals surface area contributed by atoms with Gasteiger partial charge in [-0.05, 0) is 67.8 Å². The van der Waals surface area contributed by atoms with Crippen LogP contribution < -0.4 is 16.8 Å². The maximum Gasteiger partial charge on any atom is 0.250 e. The molecule has 0 saturated carbocycles. The normalized spacial score (nSPS) is 12.0. The van der Waals surface area contributed by atoms with Crippen LogP contribution in [0.5, 0.6) is 0 Å². The maximum absolute atomic E-state index is 11.6. The highest BCUT2D eigenvalue weighted by molar-refractivity contribution is 14.1. The van der Waals surface area contributed by atoms with Crippen LogP contribution in [0.3, 0.4) is 0 Å². The van der Waals surface area contributed by atoms with Crippen molar-refractivity contribution in [2.24, 2.45) is 5.73 Å². The Morgan fingerprint density at radius 1 is 1.24 bits per heavy atom. The van der Waals surface area contributed by atoms with Gasteiger partial charge in [-0.1, -0.05) is 6.58 Å². The van der Waals surface area contributed by atoms with Crippen LogP contribution in [0.15, 0.2) is 6.58 Å². The maximum atomic E-state index is 11.6. The van der Waals surface area contributed by atoms with Crippen molar-refractivity contribution in [2.75, 3.05) is 18.9 Å². The van der Waals surface area contributed by atoms with Gasteiger partial charge in [-0.25, -0.2) is 0 Å². The first kappa shape index (κ1) is 19.2. The number of aliphatic hydroxyl groups is 2. The van der Waals surface area contributed by atoms with E-state index in [0.29, 0.717) is 29.7 Å². The average Bonchev–Trinajstić information content (AvgIpc) is 2.42. The molecule has 0 aliphatic rings. The van der Waals surface area contributed by atoms with E-state index in [1.165, 1.54) is 0 Å². The SMILES string of the molecule is C=C(NCC(O)CO)c1c(I)c(N)c(I)c(C(N)=O)c1I. The minimum Gasteiger partial charge on any atom is -0.397 e. The molecule has 7 N–H and O–H groups in total. The third-order valence-corrected chi connectivity index (χ3v) is 5.98. The molecule has 0 fully saturated rings. The molecule has 21 heavy (non-hydrogen) atoms. The number of carbonyl (C=O) groups excluding carboxylic acids is 1. The first-order valence-corrected chi connectivity index (χ1v) is 8.93. The molecule has 116 valence electrons. The summed E-state index contributed by atoms with van der Waals surface area (Å²) in [5.74, 6) is -0.559. The van der Waals surface area contributed by atoms with Crippen molar-refractivity contribution in [3.8, 4) is 0 Å². The van der Waals surface area contributed by atoms with Crippen molar-refractivity contribution in [1.82, 2.24) is 5.32 Å². The van der Waals surface area contributed by atoms with E-state index in [1.807, 2.05) is 45.2 Å². The number of anilines is 1. The summed E-state index contributed by atoms with van der Waals surface area (Å²) in [4.78, 5) is 11.6. The van der Waals surface area contributed by atoms with Crippen molar-refractivity contribution >= 4 is 85.1 Å². The van der Waals surface area contributed by atoms with Crippen LogP contribution in [0.2, 0.25) is 0 Å². The van der Waals surface area contributed by atoms with E-state index in [4.69, 9.17) is 16.6 Å². The first-order chi connectivity index (χ1) is 9.72. The third kappa shape index (κ3) is 4.33. The van der Waals surface area contributed by atoms with Crippen LogP contribution in [0, 0.1) is 10.7 Å². The van der Waals surface area contributed by atoms with Gasteiger partial charge in [-0.3, -0.25) is 4.79 Å². The lowest BCUT2D eigenvalue weighted by Gasteiger charge is -2.19. The number of carbonyl (C=O) groups is 1. The van der Waals surface area contributed by atoms with Crippen molar-refractivity contribution < 1.29 is 15.0 Å². The third-order valence-electron chi connectivity index (χ3n) is 2.66. The Hall–Kier alpha value is 0.140. The van der Waals surface area contributed by atoms with Crippen LogP contribution >= 0.6 is 67.8 Å². The number of hydrogen-bond acceptors (Lipinski definition) is 5. The Bertz CT molecular complexity index is 593. The molecule has 0 spiro atoms. The molecule has 1 aromatic carbocycles. The zero-order valence-electron chi connectivity index (χ0n) is 10.8. The molecule has 1 rings (SSSR count). The van der Waals surface area contributed by atoms with Gasteiger partial charge in [-0.15, -0.1) is 0 Å². The van der Waals surface area contributed by atoms with E-state index < -0.39 is 12.0 Å². The summed E-state index contributed by atoms with van der Waals surface area (Å²) in [6, 6.07) is 0. The Morgan fingerprint density at radius 2 is 1.76 bits per heavy atom. The van der Waals surface area contributed by atoms with Gasteiger partial charge in [0.1, 0.15) is 0 Å². The van der Waals surface area contributed by atoms with Crippen LogP contribution in [-0.2, 0) is 0 Å². The number of nitrogens with one attached hydrogen (secondary N) is 1. The Morgan fingerprint density at radius 3 is 2.24 bits per heavy atom. The van der Waals surface area contributed by atoms with Crippen molar-refractivity contribution in [3.63, 3.8) is 0 Å². The predicted octanol–water partition coefficient (Wildman–Crippen LogP) is 1.10. The first-order valence-electron chi connectivity index (χ1n) is 5.70. The van der Waals surface area contributed by atoms with Crippen LogP contribution in [0.1, 0.15) is 15.9 Å². The number of benzene rings is 1. The van der Waals surface area contributed by atoms with E-state index in [9.17, 15) is 9.90 Å². The van der Waals surface area contributed by atoms with Crippen molar-refractivity contribution in [3.05, 3.63) is 28.4 Å². The van der Waals surface area contributed by atoms with E-state index in [2.05, 4.69) is 34.5 Å². The van der Waals surface area contributed by atoms with Gasteiger partial charge in [0.05, 0.1) is 27.5 Å². The average molecular weight is 629 g/mol. The number of primary amides is 1. The zero-order valence-corrected chi connectivity index (χ0v) is 17.3. The topological polar surface area (TPSA) is 122 Å². The number of nitrogens with two attached hydrogens (primary N) is 2. The Kier molecular flexibility index (Phi) is 7.42. The Balaban J connectivity index is 3.30. The second-order valence-corrected chi connectivity index (χ2v) is 7.40. The summed E-state index contributed by atoms with van der Waals surface area (Å²) in [6.45, 7) is 3.69. The molecule has 1 amide bonds. The predicted molar refractivity (Wildman–Crippen MR) is 108 cm³/mol. The minimum absolute atomic E-state index is 0.138. The molecule has 0 aliphatic heterocycles. The minimum atomic E-state index is -0.895. The number of halogens is 3. The lowest BCUT2D eigenvalue weighted by atomic mass is 10.1. The van der Waals surface area contributed by atoms with Crippen LogP contribution in [-0.4, -0.2) is 35.4 Å². The van der Waals surface area contributed by atoms with Gasteiger partial charge in [0, 0.05) is 24.9 Å². The highest BCUT2D eigenvalue weighted by atomic mass is 127. The molecule has 0 saturated heterocycles. The van der Waals surface area contributed by atoms with Gasteiger partial charge in [0.25, 0.3) is 5.91 Å². The summed E-state index contributed by atoms with van der Waals surface area (Å²) < 4.78 is 2.02. The molecule has 0 radical (unpaired) electrons. The molecular formula is C12H14I3N3O3. The number of rotatable bonds is 6. The molecule has 1 atom stereocenters.